The molecule has 2 unspecified atom stereocenters. The van der Waals surface area contributed by atoms with Gasteiger partial charge in [-0.25, -0.2) is 5.06 Å². The third-order valence-corrected chi connectivity index (χ3v) is 4.98. The van der Waals surface area contributed by atoms with Crippen LogP contribution >= 0.6 is 0 Å². The molecule has 2 aromatic rings. The fraction of sp³-hybridized carbons (Fsp3) is 0.333. The molecule has 0 fully saturated rings. The Labute approximate surface area is 144 Å². The molecule has 7 heteroatoms. The highest BCUT2D eigenvalue weighted by Crippen LogP contribution is 2.36. The molecule has 2 atom stereocenters. The van der Waals surface area contributed by atoms with Gasteiger partial charge < -0.3 is 15.0 Å². The molecule has 2 heterocycles. The van der Waals surface area contributed by atoms with E-state index in [4.69, 9.17) is 0 Å². The minimum absolute atomic E-state index is 0.270. The fourth-order valence-corrected chi connectivity index (χ4v) is 3.43. The molecule has 0 saturated carbocycles. The van der Waals surface area contributed by atoms with Gasteiger partial charge in [0, 0.05) is 29.7 Å². The second kappa shape index (κ2) is 6.25. The van der Waals surface area contributed by atoms with Gasteiger partial charge in [-0.15, -0.1) is 0 Å². The van der Waals surface area contributed by atoms with E-state index in [-0.39, 0.29) is 12.0 Å². The van der Waals surface area contributed by atoms with E-state index < -0.39 is 18.1 Å². The smallest absolute Gasteiger partial charge is 0.304 e. The van der Waals surface area contributed by atoms with Crippen LogP contribution in [0, 0.1) is 0 Å². The topological polar surface area (TPSA) is 96.9 Å². The number of aromatic nitrogens is 1. The molecule has 1 aliphatic rings. The number of benzene rings is 1. The summed E-state index contributed by atoms with van der Waals surface area (Å²) < 4.78 is 0. The average molecular weight is 343 g/mol. The molecule has 0 saturated heterocycles. The van der Waals surface area contributed by atoms with Gasteiger partial charge >= 0.3 is 5.97 Å². The molecule has 3 N–H and O–H groups in total. The minimum Gasteiger partial charge on any atom is -0.481 e. The quantitative estimate of drug-likeness (QED) is 0.788. The third kappa shape index (κ3) is 2.87. The molecule has 1 aromatic heterocycles. The van der Waals surface area contributed by atoms with Crippen molar-refractivity contribution in [3.63, 3.8) is 0 Å². The van der Waals surface area contributed by atoms with Gasteiger partial charge in [0.1, 0.15) is 6.17 Å². The first kappa shape index (κ1) is 17.0. The number of nitrogens with one attached hydrogen (secondary N) is 1. The van der Waals surface area contributed by atoms with Crippen LogP contribution in [-0.4, -0.2) is 44.4 Å². The van der Waals surface area contributed by atoms with Crippen molar-refractivity contribution in [1.82, 2.24) is 14.9 Å². The average Bonchev–Trinajstić information content (AvgIpc) is 2.76. The molecule has 0 aliphatic carbocycles. The Morgan fingerprint density at radius 3 is 2.56 bits per heavy atom. The molecular formula is C18H21N3O4. The van der Waals surface area contributed by atoms with Gasteiger partial charge in [0.15, 0.2) is 0 Å². The first-order valence-corrected chi connectivity index (χ1v) is 8.03. The number of carboxylic acids is 1. The van der Waals surface area contributed by atoms with E-state index in [0.717, 1.165) is 16.1 Å². The van der Waals surface area contributed by atoms with E-state index in [1.807, 2.05) is 25.1 Å². The summed E-state index contributed by atoms with van der Waals surface area (Å²) in [6.07, 6.45) is -0.924. The van der Waals surface area contributed by atoms with Crippen LogP contribution in [0.4, 0.5) is 0 Å². The standard InChI is InChI=1S/C18H21N3O4/c1-10-11(2)21(25)18(20(10)3)14(9-16(22)23)13-8-12-6-4-5-7-15(12)19-17(13)24/h4-8,14,18,25H,9H2,1-3H3,(H,19,24)(H,22,23). The second-order valence-electron chi connectivity index (χ2n) is 6.39. The Hall–Kier alpha value is -2.80. The van der Waals surface area contributed by atoms with Gasteiger partial charge in [-0.2, -0.15) is 0 Å². The van der Waals surface area contributed by atoms with Crippen molar-refractivity contribution < 1.29 is 15.1 Å². The maximum Gasteiger partial charge on any atom is 0.304 e. The number of fused-ring (bicyclic) bond motifs is 1. The first-order valence-electron chi connectivity index (χ1n) is 8.03. The van der Waals surface area contributed by atoms with Crippen molar-refractivity contribution in [3.05, 3.63) is 57.6 Å². The molecule has 3 rings (SSSR count). The van der Waals surface area contributed by atoms with E-state index in [0.29, 0.717) is 16.8 Å². The molecule has 132 valence electrons. The lowest BCUT2D eigenvalue weighted by Crippen LogP contribution is -2.43. The number of hydroxylamine groups is 2. The van der Waals surface area contributed by atoms with Gasteiger partial charge in [-0.3, -0.25) is 14.8 Å². The monoisotopic (exact) mass is 343 g/mol. The molecule has 0 radical (unpaired) electrons. The predicted octanol–water partition coefficient (Wildman–Crippen LogP) is 2.30. The summed E-state index contributed by atoms with van der Waals surface area (Å²) in [5.74, 6) is -1.73. The number of nitrogens with zero attached hydrogens (tertiary/aromatic N) is 2. The fourth-order valence-electron chi connectivity index (χ4n) is 3.43. The number of aromatic amines is 1. The lowest BCUT2D eigenvalue weighted by molar-refractivity contribution is -0.143. The summed E-state index contributed by atoms with van der Waals surface area (Å²) in [7, 11) is 1.78. The summed E-state index contributed by atoms with van der Waals surface area (Å²) in [5.41, 5.74) is 2.17. The van der Waals surface area contributed by atoms with Gasteiger partial charge in [-0.1, -0.05) is 18.2 Å². The van der Waals surface area contributed by atoms with Crippen LogP contribution in [0.5, 0.6) is 0 Å². The number of pyridine rings is 1. The Morgan fingerprint density at radius 1 is 1.28 bits per heavy atom. The number of aliphatic carboxylic acids is 1. The number of carboxylic acid groups (broad SMARTS) is 1. The summed E-state index contributed by atoms with van der Waals surface area (Å²) in [5, 5.41) is 21.7. The molecular weight excluding hydrogens is 322 g/mol. The van der Waals surface area contributed by atoms with E-state index in [9.17, 15) is 19.9 Å². The number of hydrogen-bond acceptors (Lipinski definition) is 5. The van der Waals surface area contributed by atoms with Crippen LogP contribution in [0.1, 0.15) is 31.7 Å². The van der Waals surface area contributed by atoms with Crippen LogP contribution in [-0.2, 0) is 4.79 Å². The highest BCUT2D eigenvalue weighted by Gasteiger charge is 2.40. The van der Waals surface area contributed by atoms with Crippen molar-refractivity contribution >= 4 is 16.9 Å². The zero-order valence-corrected chi connectivity index (χ0v) is 14.4. The van der Waals surface area contributed by atoms with Gasteiger partial charge in [0.05, 0.1) is 12.1 Å². The van der Waals surface area contributed by atoms with E-state index in [1.54, 1.807) is 31.0 Å². The van der Waals surface area contributed by atoms with Crippen LogP contribution in [0.3, 0.4) is 0 Å². The van der Waals surface area contributed by atoms with Gasteiger partial charge in [-0.05, 0) is 31.4 Å². The SMILES string of the molecule is CC1=C(C)N(O)C(C(CC(=O)O)c2cc3ccccc3[nH]c2=O)N1C. The maximum atomic E-state index is 12.6. The molecule has 25 heavy (non-hydrogen) atoms. The van der Waals surface area contributed by atoms with Crippen molar-refractivity contribution in [3.8, 4) is 0 Å². The molecule has 0 spiro atoms. The number of H-pyrrole nitrogens is 1. The van der Waals surface area contributed by atoms with E-state index in [2.05, 4.69) is 4.98 Å². The highest BCUT2D eigenvalue weighted by molar-refractivity contribution is 5.79. The van der Waals surface area contributed by atoms with Crippen molar-refractivity contribution in [2.45, 2.75) is 32.4 Å². The number of likely N-dealkylation sites (N-methyl/N-ethyl adjacent to an activating group) is 1. The largest absolute Gasteiger partial charge is 0.481 e. The number of allylic oxidation sites excluding steroid dienone is 2. The molecule has 1 aliphatic heterocycles. The lowest BCUT2D eigenvalue weighted by Gasteiger charge is -2.34. The van der Waals surface area contributed by atoms with Gasteiger partial charge in [0.2, 0.25) is 0 Å². The van der Waals surface area contributed by atoms with Crippen LogP contribution in [0.15, 0.2) is 46.5 Å². The van der Waals surface area contributed by atoms with Gasteiger partial charge in [0.25, 0.3) is 5.56 Å². The molecule has 7 nitrogen and oxygen atoms in total. The number of para-hydroxylation sites is 1. The van der Waals surface area contributed by atoms with Crippen LogP contribution in [0.2, 0.25) is 0 Å². The Morgan fingerprint density at radius 2 is 1.96 bits per heavy atom. The summed E-state index contributed by atoms with van der Waals surface area (Å²) in [6.45, 7) is 3.61. The summed E-state index contributed by atoms with van der Waals surface area (Å²) in [4.78, 5) is 28.7. The normalized spacial score (nSPS) is 19.0. The van der Waals surface area contributed by atoms with Crippen LogP contribution in [0.25, 0.3) is 10.9 Å². The Bertz CT molecular complexity index is 900. The number of carbonyl (C=O) groups is 1. The second-order valence-corrected chi connectivity index (χ2v) is 6.39. The Balaban J connectivity index is 2.13. The molecule has 1 aromatic carbocycles. The zero-order valence-electron chi connectivity index (χ0n) is 14.4. The van der Waals surface area contributed by atoms with E-state index in [1.165, 1.54) is 0 Å². The number of hydrogen-bond donors (Lipinski definition) is 3. The molecule has 0 amide bonds. The summed E-state index contributed by atoms with van der Waals surface area (Å²) >= 11 is 0. The Kier molecular flexibility index (Phi) is 4.26. The third-order valence-electron chi connectivity index (χ3n) is 4.98. The minimum atomic E-state index is -1.03. The van der Waals surface area contributed by atoms with E-state index >= 15 is 0 Å². The lowest BCUT2D eigenvalue weighted by atomic mass is 9.92. The molecule has 0 bridgehead atoms. The maximum absolute atomic E-state index is 12.6. The van der Waals surface area contributed by atoms with Crippen LogP contribution < -0.4 is 5.56 Å². The van der Waals surface area contributed by atoms with Crippen molar-refractivity contribution in [2.75, 3.05) is 7.05 Å². The zero-order chi connectivity index (χ0) is 18.3. The predicted molar refractivity (Wildman–Crippen MR) is 93.1 cm³/mol. The summed E-state index contributed by atoms with van der Waals surface area (Å²) in [6, 6.07) is 9.04. The van der Waals surface area contributed by atoms with Crippen molar-refractivity contribution in [1.29, 1.82) is 0 Å². The van der Waals surface area contributed by atoms with Crippen molar-refractivity contribution in [2.24, 2.45) is 0 Å². The number of rotatable bonds is 4. The first-order chi connectivity index (χ1) is 11.8. The highest BCUT2D eigenvalue weighted by atomic mass is 16.5.